The number of hydrogen-bond acceptors (Lipinski definition) is 1. The maximum Gasteiger partial charge on any atom is 0.143 e. The van der Waals surface area contributed by atoms with Gasteiger partial charge in [-0.2, -0.15) is 0 Å². The SMILES string of the molecule is Cc1cccc(C)c1/C(=C\C=O)c1ccccc1. The molecule has 0 spiro atoms. The average molecular weight is 236 g/mol. The Morgan fingerprint density at radius 1 is 0.889 bits per heavy atom. The Morgan fingerprint density at radius 2 is 1.50 bits per heavy atom. The molecule has 1 nitrogen and oxygen atoms in total. The third-order valence-corrected chi connectivity index (χ3v) is 3.07. The first-order valence-electron chi connectivity index (χ1n) is 6.01. The van der Waals surface area contributed by atoms with Crippen molar-refractivity contribution in [2.75, 3.05) is 0 Å². The number of aryl methyl sites for hydroxylation is 2. The summed E-state index contributed by atoms with van der Waals surface area (Å²) in [5.74, 6) is 0. The van der Waals surface area contributed by atoms with Gasteiger partial charge in [0.15, 0.2) is 0 Å². The molecule has 2 rings (SSSR count). The number of aldehydes is 1. The van der Waals surface area contributed by atoms with Crippen LogP contribution in [-0.2, 0) is 4.79 Å². The van der Waals surface area contributed by atoms with Crippen LogP contribution in [0, 0.1) is 13.8 Å². The minimum Gasteiger partial charge on any atom is -0.299 e. The minimum atomic E-state index is 0.855. The van der Waals surface area contributed by atoms with Gasteiger partial charge in [-0.1, -0.05) is 48.5 Å². The molecule has 18 heavy (non-hydrogen) atoms. The highest BCUT2D eigenvalue weighted by Gasteiger charge is 2.09. The first kappa shape index (κ1) is 12.3. The van der Waals surface area contributed by atoms with E-state index in [1.165, 1.54) is 11.1 Å². The fraction of sp³-hybridized carbons (Fsp3) is 0.118. The molecule has 0 amide bonds. The van der Waals surface area contributed by atoms with Crippen LogP contribution in [0.4, 0.5) is 0 Å². The molecule has 0 aromatic heterocycles. The van der Waals surface area contributed by atoms with E-state index in [9.17, 15) is 4.79 Å². The van der Waals surface area contributed by atoms with Gasteiger partial charge in [0, 0.05) is 0 Å². The van der Waals surface area contributed by atoms with E-state index in [-0.39, 0.29) is 0 Å². The predicted octanol–water partition coefficient (Wildman–Crippen LogP) is 3.93. The fourth-order valence-corrected chi connectivity index (χ4v) is 2.25. The Morgan fingerprint density at radius 3 is 2.06 bits per heavy atom. The number of carbonyl (C=O) groups is 1. The van der Waals surface area contributed by atoms with Crippen LogP contribution in [0.2, 0.25) is 0 Å². The summed E-state index contributed by atoms with van der Waals surface area (Å²) >= 11 is 0. The van der Waals surface area contributed by atoms with E-state index >= 15 is 0 Å². The van der Waals surface area contributed by atoms with Gasteiger partial charge in [0.05, 0.1) is 0 Å². The molecule has 0 aliphatic carbocycles. The van der Waals surface area contributed by atoms with E-state index < -0.39 is 0 Å². The third kappa shape index (κ3) is 2.40. The minimum absolute atomic E-state index is 0.855. The lowest BCUT2D eigenvalue weighted by Crippen LogP contribution is -1.95. The summed E-state index contributed by atoms with van der Waals surface area (Å²) in [4.78, 5) is 10.9. The molecule has 1 heteroatoms. The smallest absolute Gasteiger partial charge is 0.143 e. The summed E-state index contributed by atoms with van der Waals surface area (Å²) in [6.07, 6.45) is 2.50. The molecule has 0 radical (unpaired) electrons. The van der Waals surface area contributed by atoms with E-state index in [1.807, 2.05) is 36.4 Å². The summed E-state index contributed by atoms with van der Waals surface area (Å²) in [7, 11) is 0. The van der Waals surface area contributed by atoms with Crippen LogP contribution >= 0.6 is 0 Å². The zero-order chi connectivity index (χ0) is 13.0. The maximum atomic E-state index is 10.9. The van der Waals surface area contributed by atoms with E-state index in [0.717, 1.165) is 23.0 Å². The van der Waals surface area contributed by atoms with Crippen molar-refractivity contribution in [1.29, 1.82) is 0 Å². The van der Waals surface area contributed by atoms with Gasteiger partial charge in [-0.3, -0.25) is 4.79 Å². The molecular formula is C17H16O. The molecular weight excluding hydrogens is 220 g/mol. The lowest BCUT2D eigenvalue weighted by molar-refractivity contribution is -0.104. The van der Waals surface area contributed by atoms with E-state index in [2.05, 4.69) is 26.0 Å². The highest BCUT2D eigenvalue weighted by molar-refractivity contribution is 5.91. The summed E-state index contributed by atoms with van der Waals surface area (Å²) in [5.41, 5.74) is 5.58. The summed E-state index contributed by atoms with van der Waals surface area (Å²) in [6, 6.07) is 16.2. The van der Waals surface area contributed by atoms with Crippen LogP contribution in [0.25, 0.3) is 5.57 Å². The molecule has 0 saturated carbocycles. The zero-order valence-corrected chi connectivity index (χ0v) is 10.7. The Labute approximate surface area is 108 Å². The molecule has 0 aliphatic rings. The number of rotatable bonds is 3. The third-order valence-electron chi connectivity index (χ3n) is 3.07. The largest absolute Gasteiger partial charge is 0.299 e. The summed E-state index contributed by atoms with van der Waals surface area (Å²) in [6.45, 7) is 4.15. The van der Waals surface area contributed by atoms with Crippen molar-refractivity contribution in [3.05, 3.63) is 76.9 Å². The van der Waals surface area contributed by atoms with Gasteiger partial charge in [0.1, 0.15) is 6.29 Å². The highest BCUT2D eigenvalue weighted by atomic mass is 16.1. The molecule has 0 saturated heterocycles. The van der Waals surface area contributed by atoms with Gasteiger partial charge in [-0.05, 0) is 47.8 Å². The molecule has 90 valence electrons. The van der Waals surface area contributed by atoms with Crippen LogP contribution in [0.1, 0.15) is 22.3 Å². The first-order chi connectivity index (χ1) is 8.74. The lowest BCUT2D eigenvalue weighted by Gasteiger charge is -2.13. The van der Waals surface area contributed by atoms with Crippen LogP contribution in [-0.4, -0.2) is 6.29 Å². The number of allylic oxidation sites excluding steroid dienone is 1. The van der Waals surface area contributed by atoms with Gasteiger partial charge in [-0.15, -0.1) is 0 Å². The molecule has 0 bridgehead atoms. The fourth-order valence-electron chi connectivity index (χ4n) is 2.25. The Balaban J connectivity index is 2.64. The van der Waals surface area contributed by atoms with Gasteiger partial charge < -0.3 is 0 Å². The van der Waals surface area contributed by atoms with Crippen molar-refractivity contribution >= 4 is 11.9 Å². The van der Waals surface area contributed by atoms with Crippen molar-refractivity contribution in [2.24, 2.45) is 0 Å². The normalized spacial score (nSPS) is 11.3. The summed E-state index contributed by atoms with van der Waals surface area (Å²) < 4.78 is 0. The van der Waals surface area contributed by atoms with Gasteiger partial charge in [0.25, 0.3) is 0 Å². The number of hydrogen-bond donors (Lipinski definition) is 0. The standard InChI is InChI=1S/C17H16O/c1-13-7-6-8-14(2)17(13)16(11-12-18)15-9-4-3-5-10-15/h3-12H,1-2H3/b16-11-. The molecule has 0 unspecified atom stereocenters. The molecule has 0 atom stereocenters. The average Bonchev–Trinajstić information content (AvgIpc) is 2.38. The van der Waals surface area contributed by atoms with E-state index in [0.29, 0.717) is 0 Å². The number of benzene rings is 2. The van der Waals surface area contributed by atoms with Crippen LogP contribution < -0.4 is 0 Å². The highest BCUT2D eigenvalue weighted by Crippen LogP contribution is 2.28. The molecule has 2 aromatic carbocycles. The maximum absolute atomic E-state index is 10.9. The second-order valence-electron chi connectivity index (χ2n) is 4.35. The lowest BCUT2D eigenvalue weighted by atomic mass is 9.91. The van der Waals surface area contributed by atoms with Crippen LogP contribution in [0.3, 0.4) is 0 Å². The van der Waals surface area contributed by atoms with Crippen molar-refractivity contribution in [2.45, 2.75) is 13.8 Å². The van der Waals surface area contributed by atoms with Gasteiger partial charge >= 0.3 is 0 Å². The Kier molecular flexibility index (Phi) is 3.73. The van der Waals surface area contributed by atoms with Crippen molar-refractivity contribution in [3.63, 3.8) is 0 Å². The summed E-state index contributed by atoms with van der Waals surface area (Å²) in [5, 5.41) is 0. The second-order valence-corrected chi connectivity index (χ2v) is 4.35. The monoisotopic (exact) mass is 236 g/mol. The zero-order valence-electron chi connectivity index (χ0n) is 10.7. The number of carbonyl (C=O) groups excluding carboxylic acids is 1. The van der Waals surface area contributed by atoms with Gasteiger partial charge in [-0.25, -0.2) is 0 Å². The molecule has 0 heterocycles. The molecule has 2 aromatic rings. The van der Waals surface area contributed by atoms with E-state index in [1.54, 1.807) is 6.08 Å². The van der Waals surface area contributed by atoms with E-state index in [4.69, 9.17) is 0 Å². The van der Waals surface area contributed by atoms with Crippen LogP contribution in [0.5, 0.6) is 0 Å². The second kappa shape index (κ2) is 5.46. The van der Waals surface area contributed by atoms with Crippen molar-refractivity contribution in [3.8, 4) is 0 Å². The van der Waals surface area contributed by atoms with Gasteiger partial charge in [0.2, 0.25) is 0 Å². The van der Waals surface area contributed by atoms with Crippen LogP contribution in [0.15, 0.2) is 54.6 Å². The molecule has 0 fully saturated rings. The quantitative estimate of drug-likeness (QED) is 0.583. The van der Waals surface area contributed by atoms with Crippen molar-refractivity contribution < 1.29 is 4.79 Å². The first-order valence-corrected chi connectivity index (χ1v) is 6.01. The molecule has 0 N–H and O–H groups in total. The molecule has 0 aliphatic heterocycles. The predicted molar refractivity (Wildman–Crippen MR) is 75.5 cm³/mol. The Hall–Kier alpha value is -2.15. The topological polar surface area (TPSA) is 17.1 Å². The van der Waals surface area contributed by atoms with Crippen molar-refractivity contribution in [1.82, 2.24) is 0 Å². The Bertz CT molecular complexity index is 560.